The summed E-state index contributed by atoms with van der Waals surface area (Å²) >= 11 is 0. The van der Waals surface area contributed by atoms with Crippen LogP contribution in [0.2, 0.25) is 0 Å². The SMILES string of the molecule is COc1ccc(OC)c(S(=O)(=O)N[C@H](Cc2ccccc2)Cc2ccc(F)cc2)c1. The second kappa shape index (κ2) is 9.73. The van der Waals surface area contributed by atoms with E-state index in [0.717, 1.165) is 11.1 Å². The summed E-state index contributed by atoms with van der Waals surface area (Å²) in [6, 6.07) is 19.8. The van der Waals surface area contributed by atoms with Crippen molar-refractivity contribution in [2.45, 2.75) is 23.8 Å². The van der Waals surface area contributed by atoms with Gasteiger partial charge in [0.05, 0.1) is 14.2 Å². The van der Waals surface area contributed by atoms with Crippen molar-refractivity contribution in [2.24, 2.45) is 0 Å². The highest BCUT2D eigenvalue weighted by molar-refractivity contribution is 7.89. The normalized spacial score (nSPS) is 12.4. The van der Waals surface area contributed by atoms with E-state index < -0.39 is 16.1 Å². The molecule has 0 bridgehead atoms. The van der Waals surface area contributed by atoms with Crippen LogP contribution in [0.4, 0.5) is 4.39 Å². The molecule has 0 unspecified atom stereocenters. The van der Waals surface area contributed by atoms with Crippen molar-refractivity contribution in [3.05, 3.63) is 89.7 Å². The predicted molar refractivity (Wildman–Crippen MR) is 114 cm³/mol. The Hall–Kier alpha value is -2.90. The number of nitrogens with one attached hydrogen (secondary N) is 1. The highest BCUT2D eigenvalue weighted by Crippen LogP contribution is 2.28. The molecule has 0 aliphatic rings. The Kier molecular flexibility index (Phi) is 7.07. The first-order valence-corrected chi connectivity index (χ1v) is 10.9. The summed E-state index contributed by atoms with van der Waals surface area (Å²) < 4.78 is 52.9. The summed E-state index contributed by atoms with van der Waals surface area (Å²) in [5, 5.41) is 0. The summed E-state index contributed by atoms with van der Waals surface area (Å²) in [4.78, 5) is 0.00141. The van der Waals surface area contributed by atoms with Gasteiger partial charge in [-0.05, 0) is 48.2 Å². The van der Waals surface area contributed by atoms with E-state index in [1.165, 1.54) is 32.4 Å². The summed E-state index contributed by atoms with van der Waals surface area (Å²) in [5.41, 5.74) is 1.82. The van der Waals surface area contributed by atoms with E-state index in [0.29, 0.717) is 18.6 Å². The molecule has 3 aromatic carbocycles. The maximum atomic E-state index is 13.3. The van der Waals surface area contributed by atoms with Crippen molar-refractivity contribution in [3.63, 3.8) is 0 Å². The minimum absolute atomic E-state index is 0.00141. The van der Waals surface area contributed by atoms with E-state index in [-0.39, 0.29) is 16.5 Å². The quantitative estimate of drug-likeness (QED) is 0.559. The number of sulfonamides is 1. The van der Waals surface area contributed by atoms with Crippen LogP contribution in [-0.4, -0.2) is 28.7 Å². The molecule has 0 aliphatic carbocycles. The summed E-state index contributed by atoms with van der Waals surface area (Å²) in [6.45, 7) is 0. The molecule has 0 fully saturated rings. The fourth-order valence-electron chi connectivity index (χ4n) is 3.24. The first-order valence-electron chi connectivity index (χ1n) is 9.44. The van der Waals surface area contributed by atoms with Crippen molar-refractivity contribution in [1.29, 1.82) is 0 Å². The van der Waals surface area contributed by atoms with Crippen LogP contribution in [0.1, 0.15) is 11.1 Å². The molecule has 1 N–H and O–H groups in total. The average molecular weight is 430 g/mol. The molecule has 3 rings (SSSR count). The maximum Gasteiger partial charge on any atom is 0.244 e. The van der Waals surface area contributed by atoms with E-state index in [1.807, 2.05) is 30.3 Å². The lowest BCUT2D eigenvalue weighted by atomic mass is 10.00. The number of rotatable bonds is 9. The fourth-order valence-corrected chi connectivity index (χ4v) is 4.66. The number of halogens is 1. The molecule has 0 saturated heterocycles. The number of hydrogen-bond acceptors (Lipinski definition) is 4. The van der Waals surface area contributed by atoms with Crippen molar-refractivity contribution in [3.8, 4) is 11.5 Å². The highest BCUT2D eigenvalue weighted by Gasteiger charge is 2.25. The van der Waals surface area contributed by atoms with E-state index in [2.05, 4.69) is 4.72 Å². The minimum Gasteiger partial charge on any atom is -0.497 e. The molecule has 0 aliphatic heterocycles. The average Bonchev–Trinajstić information content (AvgIpc) is 2.75. The molecular weight excluding hydrogens is 405 g/mol. The van der Waals surface area contributed by atoms with Crippen LogP contribution < -0.4 is 14.2 Å². The van der Waals surface area contributed by atoms with E-state index >= 15 is 0 Å². The van der Waals surface area contributed by atoms with Crippen molar-refractivity contribution in [1.82, 2.24) is 4.72 Å². The van der Waals surface area contributed by atoms with Gasteiger partial charge in [-0.15, -0.1) is 0 Å². The second-order valence-electron chi connectivity index (χ2n) is 6.86. The van der Waals surface area contributed by atoms with E-state index in [1.54, 1.807) is 24.3 Å². The molecule has 5 nitrogen and oxygen atoms in total. The van der Waals surface area contributed by atoms with Gasteiger partial charge in [-0.3, -0.25) is 0 Å². The molecule has 0 amide bonds. The van der Waals surface area contributed by atoms with Gasteiger partial charge in [0.2, 0.25) is 10.0 Å². The van der Waals surface area contributed by atoms with Gasteiger partial charge < -0.3 is 9.47 Å². The zero-order valence-electron chi connectivity index (χ0n) is 16.8. The minimum atomic E-state index is -3.91. The highest BCUT2D eigenvalue weighted by atomic mass is 32.2. The largest absolute Gasteiger partial charge is 0.497 e. The van der Waals surface area contributed by atoms with Crippen LogP contribution in [-0.2, 0) is 22.9 Å². The van der Waals surface area contributed by atoms with Gasteiger partial charge in [0.15, 0.2) is 0 Å². The molecule has 0 spiro atoms. The van der Waals surface area contributed by atoms with Crippen LogP contribution in [0, 0.1) is 5.82 Å². The number of methoxy groups -OCH3 is 2. The molecule has 30 heavy (non-hydrogen) atoms. The molecule has 0 radical (unpaired) electrons. The zero-order chi connectivity index (χ0) is 21.6. The Morgan fingerprint density at radius 2 is 1.50 bits per heavy atom. The van der Waals surface area contributed by atoms with Gasteiger partial charge in [-0.1, -0.05) is 42.5 Å². The van der Waals surface area contributed by atoms with Crippen molar-refractivity contribution < 1.29 is 22.3 Å². The summed E-state index contributed by atoms with van der Waals surface area (Å²) in [5.74, 6) is 0.304. The summed E-state index contributed by atoms with van der Waals surface area (Å²) in [7, 11) is -1.02. The van der Waals surface area contributed by atoms with Crippen LogP contribution >= 0.6 is 0 Å². The van der Waals surface area contributed by atoms with Gasteiger partial charge in [0.1, 0.15) is 22.2 Å². The molecule has 1 atom stereocenters. The molecule has 0 saturated carbocycles. The molecule has 3 aromatic rings. The number of ether oxygens (including phenoxy) is 2. The smallest absolute Gasteiger partial charge is 0.244 e. The fraction of sp³-hybridized carbons (Fsp3) is 0.217. The number of benzene rings is 3. The number of hydrogen-bond donors (Lipinski definition) is 1. The zero-order valence-corrected chi connectivity index (χ0v) is 17.7. The van der Waals surface area contributed by atoms with Gasteiger partial charge >= 0.3 is 0 Å². The molecule has 0 aromatic heterocycles. The van der Waals surface area contributed by atoms with E-state index in [4.69, 9.17) is 9.47 Å². The Labute approximate surface area is 176 Å². The Morgan fingerprint density at radius 3 is 2.10 bits per heavy atom. The Bertz CT molecular complexity index is 1070. The topological polar surface area (TPSA) is 64.6 Å². The lowest BCUT2D eigenvalue weighted by Crippen LogP contribution is -2.38. The molecular formula is C23H24FNO4S. The molecule has 158 valence electrons. The van der Waals surface area contributed by atoms with Crippen LogP contribution in [0.15, 0.2) is 77.7 Å². The molecule has 0 heterocycles. The van der Waals surface area contributed by atoms with Crippen molar-refractivity contribution >= 4 is 10.0 Å². The third-order valence-corrected chi connectivity index (χ3v) is 6.24. The maximum absolute atomic E-state index is 13.3. The molecule has 7 heteroatoms. The lowest BCUT2D eigenvalue weighted by molar-refractivity contribution is 0.391. The third kappa shape index (κ3) is 5.58. The monoisotopic (exact) mass is 429 g/mol. The Morgan fingerprint density at radius 1 is 0.867 bits per heavy atom. The predicted octanol–water partition coefficient (Wildman–Crippen LogP) is 3.98. The van der Waals surface area contributed by atoms with Gasteiger partial charge in [0, 0.05) is 12.1 Å². The van der Waals surface area contributed by atoms with Crippen molar-refractivity contribution in [2.75, 3.05) is 14.2 Å². The van der Waals surface area contributed by atoms with Gasteiger partial charge in [-0.25, -0.2) is 17.5 Å². The van der Waals surface area contributed by atoms with E-state index in [9.17, 15) is 12.8 Å². The van der Waals surface area contributed by atoms with Crippen LogP contribution in [0.25, 0.3) is 0 Å². The lowest BCUT2D eigenvalue weighted by Gasteiger charge is -2.20. The van der Waals surface area contributed by atoms with Gasteiger partial charge in [-0.2, -0.15) is 0 Å². The first-order chi connectivity index (χ1) is 14.4. The van der Waals surface area contributed by atoms with Gasteiger partial charge in [0.25, 0.3) is 0 Å². The second-order valence-corrected chi connectivity index (χ2v) is 8.54. The standard InChI is InChI=1S/C23H24FNO4S/c1-28-21-12-13-22(29-2)23(16-21)30(26,27)25-20(14-17-6-4-3-5-7-17)15-18-8-10-19(24)11-9-18/h3-13,16,20,25H,14-15H2,1-2H3/t20-/m1/s1. The van der Waals surface area contributed by atoms with Crippen LogP contribution in [0.5, 0.6) is 11.5 Å². The van der Waals surface area contributed by atoms with Crippen LogP contribution in [0.3, 0.4) is 0 Å². The Balaban J connectivity index is 1.91. The third-order valence-electron chi connectivity index (χ3n) is 4.70. The first kappa shape index (κ1) is 21.8. The summed E-state index contributed by atoms with van der Waals surface area (Å²) in [6.07, 6.45) is 0.879.